The zero-order valence-corrected chi connectivity index (χ0v) is 10.6. The molecule has 0 saturated carbocycles. The Hall–Kier alpha value is -1.11. The molecule has 0 radical (unpaired) electrons. The fourth-order valence-corrected chi connectivity index (χ4v) is 2.66. The lowest BCUT2D eigenvalue weighted by Crippen LogP contribution is -2.19. The number of carbonyl (C=O) groups is 1. The summed E-state index contributed by atoms with van der Waals surface area (Å²) in [6.45, 7) is 8.72. The molecule has 1 heteroatoms. The number of fused-ring (bicyclic) bond motifs is 1. The molecular formula is C15H20O. The molecule has 16 heavy (non-hydrogen) atoms. The maximum absolute atomic E-state index is 11.9. The number of ketones is 1. The first-order valence-corrected chi connectivity index (χ1v) is 6.15. The molecule has 1 unspecified atom stereocenters. The van der Waals surface area contributed by atoms with Crippen molar-refractivity contribution >= 4 is 5.78 Å². The molecule has 0 heterocycles. The predicted octanol–water partition coefficient (Wildman–Crippen LogP) is 4.02. The Labute approximate surface area is 97.9 Å². The number of carbonyl (C=O) groups excluding carboxylic acids is 1. The first kappa shape index (κ1) is 11.4. The Morgan fingerprint density at radius 2 is 1.81 bits per heavy atom. The first-order valence-electron chi connectivity index (χ1n) is 6.15. The molecule has 86 valence electrons. The van der Waals surface area contributed by atoms with Crippen LogP contribution in [0.5, 0.6) is 0 Å². The molecule has 0 aliphatic heterocycles. The van der Waals surface area contributed by atoms with Crippen molar-refractivity contribution in [3.05, 3.63) is 34.4 Å². The minimum Gasteiger partial charge on any atom is -0.294 e. The van der Waals surface area contributed by atoms with Crippen LogP contribution in [0.3, 0.4) is 0 Å². The summed E-state index contributed by atoms with van der Waals surface area (Å²) in [4.78, 5) is 11.9. The van der Waals surface area contributed by atoms with Crippen molar-refractivity contribution in [2.24, 2.45) is 5.92 Å². The Morgan fingerprint density at radius 1 is 1.19 bits per heavy atom. The highest BCUT2D eigenvalue weighted by atomic mass is 16.1. The minimum absolute atomic E-state index is 0.329. The maximum atomic E-state index is 11.9. The molecule has 1 aliphatic rings. The van der Waals surface area contributed by atoms with E-state index in [0.29, 0.717) is 17.6 Å². The van der Waals surface area contributed by atoms with Crippen LogP contribution < -0.4 is 0 Å². The van der Waals surface area contributed by atoms with Crippen molar-refractivity contribution in [3.63, 3.8) is 0 Å². The van der Waals surface area contributed by atoms with Crippen LogP contribution in [0.25, 0.3) is 0 Å². The van der Waals surface area contributed by atoms with Crippen LogP contribution in [0.15, 0.2) is 12.1 Å². The summed E-state index contributed by atoms with van der Waals surface area (Å²) in [5.41, 5.74) is 4.80. The van der Waals surface area contributed by atoms with Crippen LogP contribution in [0.4, 0.5) is 0 Å². The maximum Gasteiger partial charge on any atom is 0.163 e. The second-order valence-electron chi connectivity index (χ2n) is 5.34. The highest BCUT2D eigenvalue weighted by molar-refractivity contribution is 5.99. The van der Waals surface area contributed by atoms with E-state index < -0.39 is 0 Å². The summed E-state index contributed by atoms with van der Waals surface area (Å²) in [6.07, 6.45) is 1.74. The average molecular weight is 216 g/mol. The van der Waals surface area contributed by atoms with Gasteiger partial charge in [-0.15, -0.1) is 0 Å². The molecular weight excluding hydrogens is 196 g/mol. The molecule has 1 aromatic rings. The van der Waals surface area contributed by atoms with E-state index in [0.717, 1.165) is 18.4 Å². The highest BCUT2D eigenvalue weighted by Gasteiger charge is 2.27. The third-order valence-electron chi connectivity index (χ3n) is 3.85. The monoisotopic (exact) mass is 216 g/mol. The van der Waals surface area contributed by atoms with E-state index in [4.69, 9.17) is 0 Å². The molecule has 1 atom stereocenters. The van der Waals surface area contributed by atoms with Gasteiger partial charge in [0, 0.05) is 12.0 Å². The Kier molecular flexibility index (Phi) is 2.88. The van der Waals surface area contributed by atoms with E-state index in [1.807, 2.05) is 0 Å². The third kappa shape index (κ3) is 1.79. The molecule has 0 aromatic heterocycles. The summed E-state index contributed by atoms with van der Waals surface area (Å²) in [5.74, 6) is 1.51. The van der Waals surface area contributed by atoms with Gasteiger partial charge in [-0.1, -0.05) is 19.9 Å². The van der Waals surface area contributed by atoms with Gasteiger partial charge in [-0.2, -0.15) is 0 Å². The molecule has 0 amide bonds. The number of hydrogen-bond donors (Lipinski definition) is 0. The smallest absolute Gasteiger partial charge is 0.163 e. The normalized spacial score (nSPS) is 20.1. The fraction of sp³-hybridized carbons (Fsp3) is 0.533. The van der Waals surface area contributed by atoms with E-state index >= 15 is 0 Å². The number of benzene rings is 1. The van der Waals surface area contributed by atoms with E-state index in [2.05, 4.69) is 39.8 Å². The minimum atomic E-state index is 0.329. The molecule has 0 bridgehead atoms. The van der Waals surface area contributed by atoms with Gasteiger partial charge in [-0.05, 0) is 54.9 Å². The first-order chi connectivity index (χ1) is 7.50. The lowest BCUT2D eigenvalue weighted by molar-refractivity contribution is 0.0963. The van der Waals surface area contributed by atoms with Crippen molar-refractivity contribution in [1.29, 1.82) is 0 Å². The zero-order valence-electron chi connectivity index (χ0n) is 10.6. The van der Waals surface area contributed by atoms with E-state index in [1.54, 1.807) is 0 Å². The summed E-state index contributed by atoms with van der Waals surface area (Å²) in [5, 5.41) is 0. The highest BCUT2D eigenvalue weighted by Crippen LogP contribution is 2.37. The van der Waals surface area contributed by atoms with Crippen LogP contribution in [0.1, 0.15) is 59.7 Å². The second-order valence-corrected chi connectivity index (χ2v) is 5.34. The fourth-order valence-electron chi connectivity index (χ4n) is 2.66. The average Bonchev–Trinajstić information content (AvgIpc) is 2.21. The van der Waals surface area contributed by atoms with E-state index in [1.165, 1.54) is 16.7 Å². The van der Waals surface area contributed by atoms with Crippen LogP contribution in [0.2, 0.25) is 0 Å². The summed E-state index contributed by atoms with van der Waals surface area (Å²) >= 11 is 0. The topological polar surface area (TPSA) is 17.1 Å². The van der Waals surface area contributed by atoms with Crippen molar-refractivity contribution < 1.29 is 4.79 Å². The van der Waals surface area contributed by atoms with Gasteiger partial charge in [-0.25, -0.2) is 0 Å². The lowest BCUT2D eigenvalue weighted by atomic mass is 9.75. The summed E-state index contributed by atoms with van der Waals surface area (Å²) < 4.78 is 0. The van der Waals surface area contributed by atoms with E-state index in [-0.39, 0.29) is 0 Å². The quantitative estimate of drug-likeness (QED) is 0.693. The van der Waals surface area contributed by atoms with Crippen molar-refractivity contribution in [2.75, 3.05) is 0 Å². The van der Waals surface area contributed by atoms with Gasteiger partial charge in [0.15, 0.2) is 5.78 Å². The van der Waals surface area contributed by atoms with Gasteiger partial charge < -0.3 is 0 Å². The van der Waals surface area contributed by atoms with Gasteiger partial charge in [0.2, 0.25) is 0 Å². The molecule has 1 aromatic carbocycles. The summed E-state index contributed by atoms with van der Waals surface area (Å²) in [7, 11) is 0. The van der Waals surface area contributed by atoms with Crippen LogP contribution in [0, 0.1) is 19.8 Å². The van der Waals surface area contributed by atoms with Gasteiger partial charge in [0.05, 0.1) is 0 Å². The number of rotatable bonds is 1. The number of aryl methyl sites for hydroxylation is 2. The zero-order chi connectivity index (χ0) is 11.9. The molecule has 0 saturated heterocycles. The molecule has 1 nitrogen and oxygen atoms in total. The lowest BCUT2D eigenvalue weighted by Gasteiger charge is -2.28. The molecule has 0 N–H and O–H groups in total. The second kappa shape index (κ2) is 4.04. The van der Waals surface area contributed by atoms with Crippen molar-refractivity contribution in [3.8, 4) is 0 Å². The molecule has 1 aliphatic carbocycles. The molecule has 2 rings (SSSR count). The van der Waals surface area contributed by atoms with Gasteiger partial charge >= 0.3 is 0 Å². The molecule has 0 spiro atoms. The Bertz CT molecular complexity index is 429. The SMILES string of the molecule is Cc1cc2c(cc1C)C(C(C)C)CCC2=O. The number of hydrogen-bond acceptors (Lipinski definition) is 1. The largest absolute Gasteiger partial charge is 0.294 e. The van der Waals surface area contributed by atoms with Gasteiger partial charge in [0.1, 0.15) is 0 Å². The molecule has 0 fully saturated rings. The Morgan fingerprint density at radius 3 is 2.44 bits per heavy atom. The number of Topliss-reactive ketones (excluding diaryl/α,β-unsaturated/α-hetero) is 1. The van der Waals surface area contributed by atoms with Crippen LogP contribution >= 0.6 is 0 Å². The van der Waals surface area contributed by atoms with Crippen molar-refractivity contribution in [1.82, 2.24) is 0 Å². The summed E-state index contributed by atoms with van der Waals surface area (Å²) in [6, 6.07) is 4.31. The Balaban J connectivity index is 2.57. The van der Waals surface area contributed by atoms with Gasteiger partial charge in [-0.3, -0.25) is 4.79 Å². The standard InChI is InChI=1S/C15H20O/c1-9(2)12-5-6-15(16)14-8-11(4)10(3)7-13(12)14/h7-9,12H,5-6H2,1-4H3. The van der Waals surface area contributed by atoms with Crippen LogP contribution in [-0.4, -0.2) is 5.78 Å². The van der Waals surface area contributed by atoms with Crippen LogP contribution in [-0.2, 0) is 0 Å². The van der Waals surface area contributed by atoms with E-state index in [9.17, 15) is 4.79 Å². The predicted molar refractivity (Wildman–Crippen MR) is 67.1 cm³/mol. The van der Waals surface area contributed by atoms with Gasteiger partial charge in [0.25, 0.3) is 0 Å². The van der Waals surface area contributed by atoms with Crippen molar-refractivity contribution in [2.45, 2.75) is 46.5 Å². The third-order valence-corrected chi connectivity index (χ3v) is 3.85.